The average molecular weight is 236 g/mol. The summed E-state index contributed by atoms with van der Waals surface area (Å²) < 4.78 is 0. The molecule has 1 aromatic heterocycles. The van der Waals surface area contributed by atoms with Crippen molar-refractivity contribution >= 4 is 23.4 Å². The first kappa shape index (κ1) is 10.5. The summed E-state index contributed by atoms with van der Waals surface area (Å²) in [6.45, 7) is 0. The summed E-state index contributed by atoms with van der Waals surface area (Å²) >= 11 is 1.19. The maximum absolute atomic E-state index is 11.0. The van der Waals surface area contributed by atoms with Gasteiger partial charge in [0, 0.05) is 10.6 Å². The molecule has 2 rings (SSSR count). The number of carboxylic acid groups (broad SMARTS) is 1. The number of H-pyrrole nitrogens is 1. The molecule has 0 radical (unpaired) electrons. The summed E-state index contributed by atoms with van der Waals surface area (Å²) in [6, 6.07) is 4.71. The molecule has 0 atom stereocenters. The Kier molecular flexibility index (Phi) is 2.78. The van der Waals surface area contributed by atoms with E-state index in [4.69, 9.17) is 10.8 Å². The number of hydrogen-bond donors (Lipinski definition) is 3. The van der Waals surface area contributed by atoms with Crippen LogP contribution >= 0.6 is 11.8 Å². The van der Waals surface area contributed by atoms with Crippen LogP contribution in [0.15, 0.2) is 34.6 Å². The SMILES string of the molecule is Nc1ccc(Sc2ncn[nH]2)c(C(=O)O)c1. The van der Waals surface area contributed by atoms with Crippen LogP contribution in [-0.4, -0.2) is 26.3 Å². The lowest BCUT2D eigenvalue weighted by Gasteiger charge is -2.04. The zero-order chi connectivity index (χ0) is 11.5. The van der Waals surface area contributed by atoms with Crippen LogP contribution in [0, 0.1) is 0 Å². The molecule has 6 nitrogen and oxygen atoms in total. The highest BCUT2D eigenvalue weighted by Crippen LogP contribution is 2.28. The van der Waals surface area contributed by atoms with Gasteiger partial charge in [0.25, 0.3) is 0 Å². The fourth-order valence-electron chi connectivity index (χ4n) is 1.15. The van der Waals surface area contributed by atoms with Crippen molar-refractivity contribution in [3.63, 3.8) is 0 Å². The molecule has 0 aliphatic rings. The van der Waals surface area contributed by atoms with Crippen LogP contribution in [0.4, 0.5) is 5.69 Å². The zero-order valence-corrected chi connectivity index (χ0v) is 8.86. The van der Waals surface area contributed by atoms with Crippen molar-refractivity contribution in [2.45, 2.75) is 10.1 Å². The van der Waals surface area contributed by atoms with Crippen molar-refractivity contribution < 1.29 is 9.90 Å². The average Bonchev–Trinajstić information content (AvgIpc) is 2.73. The van der Waals surface area contributed by atoms with Gasteiger partial charge in [0.2, 0.25) is 0 Å². The minimum Gasteiger partial charge on any atom is -0.478 e. The second kappa shape index (κ2) is 4.23. The van der Waals surface area contributed by atoms with Crippen LogP contribution in [0.1, 0.15) is 10.4 Å². The number of hydrogen-bond acceptors (Lipinski definition) is 5. The van der Waals surface area contributed by atoms with E-state index in [-0.39, 0.29) is 5.56 Å². The van der Waals surface area contributed by atoms with E-state index in [1.54, 1.807) is 12.1 Å². The number of nitrogens with zero attached hydrogens (tertiary/aromatic N) is 2. The molecular weight excluding hydrogens is 228 g/mol. The first-order chi connectivity index (χ1) is 7.66. The Hall–Kier alpha value is -2.02. The van der Waals surface area contributed by atoms with Gasteiger partial charge in [-0.2, -0.15) is 5.10 Å². The smallest absolute Gasteiger partial charge is 0.336 e. The van der Waals surface area contributed by atoms with Crippen LogP contribution in [0.5, 0.6) is 0 Å². The Morgan fingerprint density at radius 3 is 2.94 bits per heavy atom. The number of benzene rings is 1. The summed E-state index contributed by atoms with van der Waals surface area (Å²) in [5.41, 5.74) is 6.10. The molecule has 82 valence electrons. The van der Waals surface area contributed by atoms with Crippen molar-refractivity contribution in [2.24, 2.45) is 0 Å². The maximum atomic E-state index is 11.0. The fourth-order valence-corrected chi connectivity index (χ4v) is 1.95. The number of aromatic carboxylic acids is 1. The molecule has 16 heavy (non-hydrogen) atoms. The highest BCUT2D eigenvalue weighted by Gasteiger charge is 2.12. The van der Waals surface area contributed by atoms with E-state index in [1.165, 1.54) is 24.2 Å². The number of carboxylic acids is 1. The van der Waals surface area contributed by atoms with Gasteiger partial charge in [-0.1, -0.05) is 0 Å². The number of anilines is 1. The molecule has 7 heteroatoms. The lowest BCUT2D eigenvalue weighted by molar-refractivity contribution is 0.0693. The van der Waals surface area contributed by atoms with Gasteiger partial charge >= 0.3 is 5.97 Å². The van der Waals surface area contributed by atoms with Gasteiger partial charge in [-0.25, -0.2) is 9.78 Å². The van der Waals surface area contributed by atoms with Crippen LogP contribution in [0.25, 0.3) is 0 Å². The number of aromatic nitrogens is 3. The molecule has 0 fully saturated rings. The Morgan fingerprint density at radius 2 is 2.31 bits per heavy atom. The topological polar surface area (TPSA) is 105 Å². The van der Waals surface area contributed by atoms with E-state index < -0.39 is 5.97 Å². The molecule has 0 spiro atoms. The molecule has 0 bridgehead atoms. The monoisotopic (exact) mass is 236 g/mol. The zero-order valence-electron chi connectivity index (χ0n) is 8.04. The minimum absolute atomic E-state index is 0.154. The first-order valence-electron chi connectivity index (χ1n) is 4.33. The minimum atomic E-state index is -1.02. The molecule has 0 aliphatic carbocycles. The van der Waals surface area contributed by atoms with Crippen molar-refractivity contribution in [3.8, 4) is 0 Å². The molecule has 1 aromatic carbocycles. The molecule has 0 aliphatic heterocycles. The van der Waals surface area contributed by atoms with Gasteiger partial charge in [0.05, 0.1) is 5.56 Å². The molecule has 2 aromatic rings. The summed E-state index contributed by atoms with van der Waals surface area (Å²) in [4.78, 5) is 15.5. The van der Waals surface area contributed by atoms with Crippen molar-refractivity contribution in [2.75, 3.05) is 5.73 Å². The maximum Gasteiger partial charge on any atom is 0.336 e. The fraction of sp³-hybridized carbons (Fsp3) is 0. The Balaban J connectivity index is 2.36. The first-order valence-corrected chi connectivity index (χ1v) is 5.14. The van der Waals surface area contributed by atoms with Crippen LogP contribution in [0.3, 0.4) is 0 Å². The summed E-state index contributed by atoms with van der Waals surface area (Å²) in [6.07, 6.45) is 1.36. The molecule has 1 heterocycles. The second-order valence-corrected chi connectivity index (χ2v) is 3.98. The van der Waals surface area contributed by atoms with E-state index in [2.05, 4.69) is 15.2 Å². The van der Waals surface area contributed by atoms with Gasteiger partial charge in [0.1, 0.15) is 6.33 Å². The lowest BCUT2D eigenvalue weighted by Crippen LogP contribution is -2.00. The van der Waals surface area contributed by atoms with E-state index in [9.17, 15) is 4.79 Å². The lowest BCUT2D eigenvalue weighted by atomic mass is 10.2. The van der Waals surface area contributed by atoms with E-state index in [0.717, 1.165) is 0 Å². The van der Waals surface area contributed by atoms with Gasteiger partial charge in [-0.15, -0.1) is 0 Å². The quantitative estimate of drug-likeness (QED) is 0.692. The predicted molar refractivity (Wildman–Crippen MR) is 58.3 cm³/mol. The number of nitrogen functional groups attached to an aromatic ring is 1. The second-order valence-electron chi connectivity index (χ2n) is 2.95. The van der Waals surface area contributed by atoms with Crippen LogP contribution < -0.4 is 5.73 Å². The number of nitrogens with one attached hydrogen (secondary N) is 1. The standard InChI is InChI=1S/C9H8N4O2S/c10-5-1-2-7(6(3-5)8(14)15)16-9-11-4-12-13-9/h1-4H,10H2,(H,14,15)(H,11,12,13). The van der Waals surface area contributed by atoms with Crippen molar-refractivity contribution in [3.05, 3.63) is 30.1 Å². The van der Waals surface area contributed by atoms with Crippen molar-refractivity contribution in [1.82, 2.24) is 15.2 Å². The highest BCUT2D eigenvalue weighted by molar-refractivity contribution is 7.99. The number of carbonyl (C=O) groups is 1. The van der Waals surface area contributed by atoms with Crippen molar-refractivity contribution in [1.29, 1.82) is 0 Å². The third kappa shape index (κ3) is 2.14. The molecule has 4 N–H and O–H groups in total. The molecule has 0 unspecified atom stereocenters. The van der Waals surface area contributed by atoms with Gasteiger partial charge in [-0.3, -0.25) is 5.10 Å². The summed E-state index contributed by atoms with van der Waals surface area (Å²) in [5.74, 6) is -1.02. The third-order valence-electron chi connectivity index (χ3n) is 1.83. The van der Waals surface area contributed by atoms with Gasteiger partial charge in [-0.05, 0) is 30.0 Å². The number of rotatable bonds is 3. The third-order valence-corrected chi connectivity index (χ3v) is 2.80. The Bertz CT molecular complexity index is 512. The molecule has 0 saturated carbocycles. The summed E-state index contributed by atoms with van der Waals surface area (Å²) in [7, 11) is 0. The Morgan fingerprint density at radius 1 is 1.50 bits per heavy atom. The van der Waals surface area contributed by atoms with Gasteiger partial charge < -0.3 is 10.8 Å². The van der Waals surface area contributed by atoms with Crippen LogP contribution in [-0.2, 0) is 0 Å². The predicted octanol–water partition coefficient (Wildman–Crippen LogP) is 1.24. The van der Waals surface area contributed by atoms with E-state index >= 15 is 0 Å². The normalized spacial score (nSPS) is 10.2. The number of nitrogens with two attached hydrogens (primary N) is 1. The van der Waals surface area contributed by atoms with Gasteiger partial charge in [0.15, 0.2) is 5.16 Å². The molecule has 0 saturated heterocycles. The van der Waals surface area contributed by atoms with Crippen LogP contribution in [0.2, 0.25) is 0 Å². The van der Waals surface area contributed by atoms with E-state index in [1.807, 2.05) is 0 Å². The molecular formula is C9H8N4O2S. The molecule has 0 amide bonds. The summed E-state index contributed by atoms with van der Waals surface area (Å²) in [5, 5.41) is 15.9. The highest BCUT2D eigenvalue weighted by atomic mass is 32.2. The number of aromatic amines is 1. The van der Waals surface area contributed by atoms with E-state index in [0.29, 0.717) is 15.7 Å². The largest absolute Gasteiger partial charge is 0.478 e. The Labute approximate surface area is 94.9 Å².